The molecule has 3 fully saturated rings. The average Bonchev–Trinajstić information content (AvgIpc) is 3.59. The minimum atomic E-state index is -1.01. The summed E-state index contributed by atoms with van der Waals surface area (Å²) in [6.45, 7) is 6.53. The number of ether oxygens (including phenoxy) is 1. The molecule has 0 amide bonds. The number of aliphatic hydroxyl groups is 1. The summed E-state index contributed by atoms with van der Waals surface area (Å²) in [7, 11) is 1.68. The molecule has 6 nitrogen and oxygen atoms in total. The maximum Gasteiger partial charge on any atom is 0.312 e. The van der Waals surface area contributed by atoms with Gasteiger partial charge in [-0.2, -0.15) is 0 Å². The van der Waals surface area contributed by atoms with Crippen molar-refractivity contribution in [1.29, 1.82) is 0 Å². The lowest BCUT2D eigenvalue weighted by atomic mass is 9.51. The number of carbonyl (C=O) groups is 1. The van der Waals surface area contributed by atoms with Crippen molar-refractivity contribution >= 4 is 11.7 Å². The third-order valence-corrected chi connectivity index (χ3v) is 8.54. The van der Waals surface area contributed by atoms with Gasteiger partial charge in [-0.3, -0.25) is 14.7 Å². The highest BCUT2D eigenvalue weighted by Crippen LogP contribution is 2.56. The largest absolute Gasteiger partial charge is 0.497 e. The fraction of sp³-hybridized carbons (Fsp3) is 0.615. The zero-order chi connectivity index (χ0) is 22.7. The van der Waals surface area contributed by atoms with Gasteiger partial charge >= 0.3 is 5.97 Å². The molecule has 6 heteroatoms. The molecule has 172 valence electrons. The first-order valence-corrected chi connectivity index (χ1v) is 11.9. The topological polar surface area (TPSA) is 82.4 Å². The molecular formula is C26H34N2O4. The molecule has 0 aromatic heterocycles. The van der Waals surface area contributed by atoms with E-state index in [-0.39, 0.29) is 12.6 Å². The number of dihydropyridines is 1. The lowest BCUT2D eigenvalue weighted by Crippen LogP contribution is -2.70. The molecule has 2 heterocycles. The molecule has 5 rings (SSSR count). The highest BCUT2D eigenvalue weighted by atomic mass is 16.5. The normalized spacial score (nSPS) is 34.8. The molecule has 1 aromatic carbocycles. The number of carboxylic acid groups (broad SMARTS) is 1. The van der Waals surface area contributed by atoms with Gasteiger partial charge in [-0.05, 0) is 74.4 Å². The number of aliphatic imine (C=N–C) groups is 1. The van der Waals surface area contributed by atoms with E-state index in [0.717, 1.165) is 53.6 Å². The van der Waals surface area contributed by atoms with Gasteiger partial charge in [0, 0.05) is 36.6 Å². The van der Waals surface area contributed by atoms with Crippen LogP contribution in [0.15, 0.2) is 34.8 Å². The summed E-state index contributed by atoms with van der Waals surface area (Å²) in [5, 5.41) is 22.1. The van der Waals surface area contributed by atoms with Gasteiger partial charge < -0.3 is 14.9 Å². The van der Waals surface area contributed by atoms with E-state index in [0.29, 0.717) is 12.8 Å². The first-order chi connectivity index (χ1) is 15.3. The smallest absolute Gasteiger partial charge is 0.312 e. The molecule has 2 saturated carbocycles. The van der Waals surface area contributed by atoms with Crippen molar-refractivity contribution in [3.05, 3.63) is 41.0 Å². The Morgan fingerprint density at radius 2 is 2.09 bits per heavy atom. The molecule has 1 aromatic rings. The van der Waals surface area contributed by atoms with Crippen LogP contribution < -0.4 is 4.74 Å². The maximum atomic E-state index is 12.6. The zero-order valence-electron chi connectivity index (χ0n) is 19.3. The van der Waals surface area contributed by atoms with Gasteiger partial charge in [-0.25, -0.2) is 0 Å². The summed E-state index contributed by atoms with van der Waals surface area (Å²) in [6, 6.07) is 6.13. The Hall–Kier alpha value is -2.18. The van der Waals surface area contributed by atoms with Crippen molar-refractivity contribution in [2.24, 2.45) is 16.8 Å². The van der Waals surface area contributed by atoms with Crippen LogP contribution in [0.5, 0.6) is 5.75 Å². The Kier molecular flexibility index (Phi) is 5.21. The van der Waals surface area contributed by atoms with E-state index < -0.39 is 22.9 Å². The fourth-order valence-corrected chi connectivity index (χ4v) is 6.35. The minimum absolute atomic E-state index is 0.0323. The van der Waals surface area contributed by atoms with E-state index in [2.05, 4.69) is 30.9 Å². The van der Waals surface area contributed by atoms with Crippen LogP contribution in [0.25, 0.3) is 0 Å². The fourth-order valence-electron chi connectivity index (χ4n) is 6.35. The summed E-state index contributed by atoms with van der Waals surface area (Å²) in [4.78, 5) is 18.8. The minimum Gasteiger partial charge on any atom is -0.497 e. The molecular weight excluding hydrogens is 404 g/mol. The van der Waals surface area contributed by atoms with E-state index in [1.165, 1.54) is 12.8 Å². The van der Waals surface area contributed by atoms with E-state index in [1.807, 2.05) is 12.1 Å². The number of nitrogens with zero attached hydrogens (tertiary/aromatic N) is 2. The molecule has 4 unspecified atom stereocenters. The molecule has 1 saturated heterocycles. The van der Waals surface area contributed by atoms with Gasteiger partial charge in [0.1, 0.15) is 5.75 Å². The summed E-state index contributed by atoms with van der Waals surface area (Å²) in [5.41, 5.74) is 2.69. The van der Waals surface area contributed by atoms with Gasteiger partial charge in [0.15, 0.2) is 0 Å². The average molecular weight is 439 g/mol. The quantitative estimate of drug-likeness (QED) is 0.737. The van der Waals surface area contributed by atoms with Gasteiger partial charge in [0.05, 0.1) is 25.2 Å². The number of hydrogen-bond acceptors (Lipinski definition) is 5. The molecule has 32 heavy (non-hydrogen) atoms. The first-order valence-electron chi connectivity index (χ1n) is 11.9. The molecule has 4 atom stereocenters. The van der Waals surface area contributed by atoms with Gasteiger partial charge in [0.25, 0.3) is 0 Å². The lowest BCUT2D eigenvalue weighted by molar-refractivity contribution is -0.140. The maximum absolute atomic E-state index is 12.6. The molecule has 2 aliphatic heterocycles. The van der Waals surface area contributed by atoms with Crippen LogP contribution in [0.2, 0.25) is 0 Å². The second-order valence-electron chi connectivity index (χ2n) is 10.3. The van der Waals surface area contributed by atoms with E-state index in [1.54, 1.807) is 7.11 Å². The number of benzene rings is 1. The number of methoxy groups -OCH3 is 1. The van der Waals surface area contributed by atoms with E-state index in [4.69, 9.17) is 9.73 Å². The molecule has 0 radical (unpaired) electrons. The number of aryl methyl sites for hydroxylation is 1. The second-order valence-corrected chi connectivity index (χ2v) is 10.3. The van der Waals surface area contributed by atoms with Crippen LogP contribution in [0.3, 0.4) is 0 Å². The summed E-state index contributed by atoms with van der Waals surface area (Å²) >= 11 is 0. The van der Waals surface area contributed by atoms with Gasteiger partial charge in [-0.15, -0.1) is 0 Å². The predicted molar refractivity (Wildman–Crippen MR) is 123 cm³/mol. The predicted octanol–water partition coefficient (Wildman–Crippen LogP) is 3.35. The van der Waals surface area contributed by atoms with Crippen LogP contribution in [0.4, 0.5) is 0 Å². The monoisotopic (exact) mass is 438 g/mol. The SMILES string of the molecule is COc1ccc(C)c(C23CCN(CC4CC4)C(C)C2(O)CC2=CC(C(=O)O)CN=C2C3)c1. The van der Waals surface area contributed by atoms with Gasteiger partial charge in [-0.1, -0.05) is 12.1 Å². The Balaban J connectivity index is 1.62. The molecule has 0 bridgehead atoms. The van der Waals surface area contributed by atoms with Crippen LogP contribution in [0, 0.1) is 18.8 Å². The number of piperidine rings is 1. The number of aliphatic carboxylic acids is 1. The number of hydrogen-bond donors (Lipinski definition) is 2. The van der Waals surface area contributed by atoms with Crippen LogP contribution in [0.1, 0.15) is 50.2 Å². The van der Waals surface area contributed by atoms with Crippen molar-refractivity contribution in [3.63, 3.8) is 0 Å². The lowest BCUT2D eigenvalue weighted by Gasteiger charge is -2.61. The second kappa shape index (κ2) is 7.70. The van der Waals surface area contributed by atoms with Crippen LogP contribution >= 0.6 is 0 Å². The number of carboxylic acids is 1. The standard InChI is InChI=1S/C26H34N2O4/c1-16-4-7-21(32-3)11-22(16)25-8-9-28(15-18-5-6-18)17(2)26(25,31)12-19-10-20(24(29)30)14-27-23(19)13-25/h4,7,10-11,17-18,20,31H,5-6,8-9,12-15H2,1-3H3,(H,29,30). The van der Waals surface area contributed by atoms with E-state index in [9.17, 15) is 15.0 Å². The molecule has 0 spiro atoms. The molecule has 2 N–H and O–H groups in total. The molecule has 4 aliphatic rings. The van der Waals surface area contributed by atoms with Gasteiger partial charge in [0.2, 0.25) is 0 Å². The van der Waals surface area contributed by atoms with Crippen molar-refractivity contribution in [2.75, 3.05) is 26.7 Å². The summed E-state index contributed by atoms with van der Waals surface area (Å²) in [6.07, 6.45) is 6.33. The molecule has 2 aliphatic carbocycles. The first kappa shape index (κ1) is 21.7. The van der Waals surface area contributed by atoms with Crippen molar-refractivity contribution in [2.45, 2.75) is 63.0 Å². The third-order valence-electron chi connectivity index (χ3n) is 8.54. The van der Waals surface area contributed by atoms with Crippen molar-refractivity contribution < 1.29 is 19.7 Å². The number of fused-ring (bicyclic) bond motifs is 2. The Labute approximate surface area is 190 Å². The van der Waals surface area contributed by atoms with E-state index >= 15 is 0 Å². The Morgan fingerprint density at radius 3 is 2.78 bits per heavy atom. The van der Waals surface area contributed by atoms with Crippen LogP contribution in [-0.4, -0.2) is 65.2 Å². The van der Waals surface area contributed by atoms with Crippen molar-refractivity contribution in [3.8, 4) is 5.75 Å². The Bertz CT molecular complexity index is 998. The number of rotatable bonds is 5. The highest BCUT2D eigenvalue weighted by Gasteiger charge is 2.62. The number of likely N-dealkylation sites (tertiary alicyclic amines) is 1. The van der Waals surface area contributed by atoms with Crippen molar-refractivity contribution in [1.82, 2.24) is 4.90 Å². The van der Waals surface area contributed by atoms with Crippen LogP contribution in [-0.2, 0) is 10.2 Å². The summed E-state index contributed by atoms with van der Waals surface area (Å²) in [5.74, 6) is 0.0936. The zero-order valence-corrected chi connectivity index (χ0v) is 19.3. The third kappa shape index (κ3) is 3.30. The summed E-state index contributed by atoms with van der Waals surface area (Å²) < 4.78 is 5.57. The Morgan fingerprint density at radius 1 is 1.31 bits per heavy atom. The highest BCUT2D eigenvalue weighted by molar-refractivity contribution is 6.04.